The fourth-order valence-electron chi connectivity index (χ4n) is 3.46. The van der Waals surface area contributed by atoms with Crippen LogP contribution < -0.4 is 15.6 Å². The van der Waals surface area contributed by atoms with Gasteiger partial charge < -0.3 is 5.32 Å². The van der Waals surface area contributed by atoms with Crippen LogP contribution in [0.25, 0.3) is 0 Å². The minimum atomic E-state index is -1.13. The van der Waals surface area contributed by atoms with Crippen LogP contribution >= 0.6 is 23.8 Å². The summed E-state index contributed by atoms with van der Waals surface area (Å²) in [6.45, 7) is 0. The van der Waals surface area contributed by atoms with Crippen LogP contribution in [0.1, 0.15) is 16.8 Å². The van der Waals surface area contributed by atoms with Crippen molar-refractivity contribution in [3.8, 4) is 0 Å². The van der Waals surface area contributed by atoms with Crippen LogP contribution in [0.5, 0.6) is 0 Å². The van der Waals surface area contributed by atoms with Crippen molar-refractivity contribution in [3.05, 3.63) is 95.3 Å². The molecule has 0 radical (unpaired) electrons. The van der Waals surface area contributed by atoms with E-state index in [2.05, 4.69) is 10.7 Å². The highest BCUT2D eigenvalue weighted by Crippen LogP contribution is 2.27. The summed E-state index contributed by atoms with van der Waals surface area (Å²) >= 11 is 11.6. The van der Waals surface area contributed by atoms with Crippen molar-refractivity contribution in [3.63, 3.8) is 0 Å². The maximum Gasteiger partial charge on any atom is 0.269 e. The minimum absolute atomic E-state index is 0.0171. The first-order chi connectivity index (χ1) is 16.3. The lowest BCUT2D eigenvalue weighted by atomic mass is 10.1. The summed E-state index contributed by atoms with van der Waals surface area (Å²) in [5.41, 5.74) is 3.46. The number of rotatable bonds is 6. The van der Waals surface area contributed by atoms with Gasteiger partial charge >= 0.3 is 0 Å². The Morgan fingerprint density at radius 2 is 1.71 bits per heavy atom. The number of thiocarbonyl (C=S) groups is 1. The second-order valence-corrected chi connectivity index (χ2v) is 8.13. The Hall–Kier alpha value is -3.82. The van der Waals surface area contributed by atoms with E-state index in [1.54, 1.807) is 54.6 Å². The fourth-order valence-corrected chi connectivity index (χ4v) is 4.01. The highest BCUT2D eigenvalue weighted by Gasteiger charge is 2.45. The molecule has 1 saturated heterocycles. The van der Waals surface area contributed by atoms with E-state index in [4.69, 9.17) is 23.8 Å². The molecule has 3 aromatic rings. The molecule has 3 amide bonds. The third-order valence-corrected chi connectivity index (χ3v) is 5.77. The maximum absolute atomic E-state index is 13.6. The highest BCUT2D eigenvalue weighted by atomic mass is 35.5. The van der Waals surface area contributed by atoms with Crippen molar-refractivity contribution in [2.45, 2.75) is 12.5 Å². The Morgan fingerprint density at radius 1 is 1.00 bits per heavy atom. The first-order valence-electron chi connectivity index (χ1n) is 10.2. The molecule has 1 aliphatic rings. The topological polar surface area (TPSA) is 81.8 Å². The van der Waals surface area contributed by atoms with Crippen molar-refractivity contribution in [2.75, 3.05) is 10.2 Å². The van der Waals surface area contributed by atoms with Crippen LogP contribution in [0.2, 0.25) is 5.02 Å². The average molecular weight is 497 g/mol. The number of para-hydroxylation sites is 2. The number of hydrazine groups is 1. The number of hydrogen-bond acceptors (Lipinski definition) is 4. The van der Waals surface area contributed by atoms with Crippen LogP contribution in [0.3, 0.4) is 0 Å². The molecule has 1 atom stereocenters. The molecule has 172 valence electrons. The molecular weight excluding hydrogens is 479 g/mol. The minimum Gasteiger partial charge on any atom is -0.325 e. The van der Waals surface area contributed by atoms with Crippen LogP contribution in [-0.2, 0) is 9.59 Å². The first kappa shape index (κ1) is 23.3. The molecule has 1 unspecified atom stereocenters. The third kappa shape index (κ3) is 4.90. The van der Waals surface area contributed by atoms with Gasteiger partial charge in [0.25, 0.3) is 11.8 Å². The summed E-state index contributed by atoms with van der Waals surface area (Å²) in [6, 6.07) is 19.2. The molecule has 10 heteroatoms. The van der Waals surface area contributed by atoms with Crippen LogP contribution in [0.4, 0.5) is 15.8 Å². The van der Waals surface area contributed by atoms with Gasteiger partial charge in [0.15, 0.2) is 0 Å². The zero-order valence-electron chi connectivity index (χ0n) is 17.6. The normalized spacial score (nSPS) is 15.4. The van der Waals surface area contributed by atoms with Crippen LogP contribution in [0.15, 0.2) is 78.9 Å². The molecule has 4 rings (SSSR count). The van der Waals surface area contributed by atoms with Gasteiger partial charge in [-0.1, -0.05) is 48.0 Å². The summed E-state index contributed by atoms with van der Waals surface area (Å²) in [6.07, 6.45) is -0.322. The molecule has 0 aromatic heterocycles. The number of amides is 3. The number of carbonyl (C=O) groups excluding carboxylic acids is 3. The SMILES string of the molecule is O=C(CC1C(=O)N(c2ccccc2)C(=S)N1NC(=O)c1cccc(F)c1)Nc1ccccc1Cl. The van der Waals surface area contributed by atoms with Crippen LogP contribution in [-0.4, -0.2) is 33.9 Å². The van der Waals surface area contributed by atoms with E-state index in [1.807, 2.05) is 0 Å². The van der Waals surface area contributed by atoms with E-state index in [9.17, 15) is 18.8 Å². The monoisotopic (exact) mass is 496 g/mol. The van der Waals surface area contributed by atoms with Gasteiger partial charge in [0, 0.05) is 5.56 Å². The number of carbonyl (C=O) groups is 3. The van der Waals surface area contributed by atoms with E-state index in [0.717, 1.165) is 11.1 Å². The summed E-state index contributed by atoms with van der Waals surface area (Å²) in [5.74, 6) is -2.27. The number of benzene rings is 3. The number of hydrogen-bond donors (Lipinski definition) is 2. The van der Waals surface area contributed by atoms with Gasteiger partial charge in [-0.05, 0) is 54.7 Å². The van der Waals surface area contributed by atoms with Crippen molar-refractivity contribution < 1.29 is 18.8 Å². The lowest BCUT2D eigenvalue weighted by Gasteiger charge is -2.24. The predicted octanol–water partition coefficient (Wildman–Crippen LogP) is 4.16. The van der Waals surface area contributed by atoms with E-state index < -0.39 is 29.6 Å². The highest BCUT2D eigenvalue weighted by molar-refractivity contribution is 7.80. The molecule has 1 fully saturated rings. The predicted molar refractivity (Wildman–Crippen MR) is 131 cm³/mol. The molecule has 0 aliphatic carbocycles. The molecule has 1 aliphatic heterocycles. The van der Waals surface area contributed by atoms with E-state index in [1.165, 1.54) is 23.1 Å². The maximum atomic E-state index is 13.6. The van der Waals surface area contributed by atoms with Gasteiger partial charge in [-0.25, -0.2) is 9.40 Å². The van der Waals surface area contributed by atoms with E-state index in [-0.39, 0.29) is 17.1 Å². The van der Waals surface area contributed by atoms with Gasteiger partial charge in [0.2, 0.25) is 11.0 Å². The summed E-state index contributed by atoms with van der Waals surface area (Å²) in [7, 11) is 0. The molecular formula is C24H18ClFN4O3S. The standard InChI is InChI=1S/C24H18ClFN4O3S/c25-18-11-4-5-12-19(18)27-21(31)14-20-23(33)29(17-9-2-1-3-10-17)24(34)30(20)28-22(32)15-7-6-8-16(26)13-15/h1-13,20H,14H2,(H,27,31)(H,28,32). The largest absolute Gasteiger partial charge is 0.325 e. The Kier molecular flexibility index (Phi) is 6.85. The zero-order valence-corrected chi connectivity index (χ0v) is 19.1. The Labute approximate surface area is 205 Å². The average Bonchev–Trinajstić information content (AvgIpc) is 3.05. The second kappa shape index (κ2) is 9.98. The van der Waals surface area contributed by atoms with Crippen molar-refractivity contribution in [2.24, 2.45) is 0 Å². The number of nitrogens with one attached hydrogen (secondary N) is 2. The lowest BCUT2D eigenvalue weighted by Crippen LogP contribution is -2.49. The summed E-state index contributed by atoms with van der Waals surface area (Å²) < 4.78 is 13.6. The van der Waals surface area contributed by atoms with Crippen molar-refractivity contribution >= 4 is 58.0 Å². The van der Waals surface area contributed by atoms with Crippen molar-refractivity contribution in [1.29, 1.82) is 0 Å². The molecule has 0 bridgehead atoms. The zero-order chi connectivity index (χ0) is 24.2. The Bertz CT molecular complexity index is 1270. The summed E-state index contributed by atoms with van der Waals surface area (Å²) in [5, 5.41) is 4.15. The molecule has 0 spiro atoms. The molecule has 34 heavy (non-hydrogen) atoms. The van der Waals surface area contributed by atoms with E-state index in [0.29, 0.717) is 16.4 Å². The molecule has 0 saturated carbocycles. The first-order valence-corrected chi connectivity index (χ1v) is 11.0. The quantitative estimate of drug-likeness (QED) is 0.501. The number of halogens is 2. The van der Waals surface area contributed by atoms with Gasteiger partial charge in [0.1, 0.15) is 11.9 Å². The molecule has 2 N–H and O–H groups in total. The molecule has 1 heterocycles. The van der Waals surface area contributed by atoms with E-state index >= 15 is 0 Å². The number of nitrogens with zero attached hydrogens (tertiary/aromatic N) is 2. The van der Waals surface area contributed by atoms with Crippen molar-refractivity contribution in [1.82, 2.24) is 10.4 Å². The smallest absolute Gasteiger partial charge is 0.269 e. The van der Waals surface area contributed by atoms with Crippen LogP contribution in [0, 0.1) is 5.82 Å². The molecule has 7 nitrogen and oxygen atoms in total. The van der Waals surface area contributed by atoms with Gasteiger partial charge in [-0.2, -0.15) is 0 Å². The van der Waals surface area contributed by atoms with Gasteiger partial charge in [-0.3, -0.25) is 24.7 Å². The van der Waals surface area contributed by atoms with Gasteiger partial charge in [0.05, 0.1) is 22.8 Å². The fraction of sp³-hybridized carbons (Fsp3) is 0.0833. The summed E-state index contributed by atoms with van der Waals surface area (Å²) in [4.78, 5) is 40.2. The Morgan fingerprint density at radius 3 is 2.41 bits per heavy atom. The third-order valence-electron chi connectivity index (χ3n) is 5.06. The lowest BCUT2D eigenvalue weighted by molar-refractivity contribution is -0.124. The molecule has 3 aromatic carbocycles. The Balaban J connectivity index is 1.60. The van der Waals surface area contributed by atoms with Gasteiger partial charge in [-0.15, -0.1) is 0 Å². The second-order valence-electron chi connectivity index (χ2n) is 7.36. The number of anilines is 2.